The summed E-state index contributed by atoms with van der Waals surface area (Å²) < 4.78 is 22.7. The molecule has 12 rings (SSSR count). The van der Waals surface area contributed by atoms with Gasteiger partial charge in [-0.25, -0.2) is 9.97 Å². The number of hydrogen-bond acceptors (Lipinski definition) is 10. The van der Waals surface area contributed by atoms with E-state index in [-0.39, 0.29) is 58.9 Å². The van der Waals surface area contributed by atoms with Gasteiger partial charge in [0.15, 0.2) is 18.2 Å². The van der Waals surface area contributed by atoms with Crippen LogP contribution >= 0.6 is 11.6 Å². The monoisotopic (exact) mass is 1060 g/mol. The Balaban J connectivity index is 0.896. The molecule has 1 amide bonds. The number of ether oxygens (including phenoxy) is 4. The zero-order valence-corrected chi connectivity index (χ0v) is 43.8. The number of nitrogens with one attached hydrogen (secondary N) is 4. The molecule has 5 heterocycles. The molecule has 0 radical (unpaired) electrons. The second-order valence-corrected chi connectivity index (χ2v) is 19.2. The van der Waals surface area contributed by atoms with Gasteiger partial charge in [0, 0.05) is 74.2 Å². The van der Waals surface area contributed by atoms with Gasteiger partial charge in [0.25, 0.3) is 5.91 Å². The van der Waals surface area contributed by atoms with Crippen LogP contribution in [0.2, 0.25) is 5.02 Å². The van der Waals surface area contributed by atoms with Crippen LogP contribution in [0.3, 0.4) is 0 Å². The summed E-state index contributed by atoms with van der Waals surface area (Å²) in [5.74, 6) is 1.78. The summed E-state index contributed by atoms with van der Waals surface area (Å²) in [5.41, 5.74) is 15.1. The summed E-state index contributed by atoms with van der Waals surface area (Å²) in [6.07, 6.45) is 8.19. The predicted molar refractivity (Wildman–Crippen MR) is 312 cm³/mol. The number of anilines is 1. The Kier molecular flexibility index (Phi) is 13.4. The summed E-state index contributed by atoms with van der Waals surface area (Å²) in [4.78, 5) is 58.5. The number of nitrogens with zero attached hydrogens (tertiary/aromatic N) is 2. The number of aromatic amines is 2. The standard InChI is InChI=1S/C65H49ClN6O7/c1-76-41-18-10-37(11-19-41)58-49-26-28-51(69-49)59(38-12-20-42(77-2)21-13-38)53-30-32-55(71-53)61(56-33-31-54(72-56)60(52-29-27-50(58)70-52)39-14-22-43(78-3)23-15-39)40-16-24-44(25-17-40)79-36-57(73)68-35-34-67-48-9-5-7-46-63(48)65(75)62-45(64(46)74)6-4-8-47(62)66/h4-33,67,69,72H,34-36H2,1-3H3,(H,68,73). The van der Waals surface area contributed by atoms with Crippen LogP contribution < -0.4 is 29.6 Å². The molecule has 3 aromatic heterocycles. The minimum Gasteiger partial charge on any atom is -0.497 e. The Morgan fingerprint density at radius 3 is 1.27 bits per heavy atom. The van der Waals surface area contributed by atoms with Crippen LogP contribution in [0.15, 0.2) is 158 Å². The van der Waals surface area contributed by atoms with Gasteiger partial charge in [-0.05, 0) is 131 Å². The number of carbonyl (C=O) groups excluding carboxylic acids is 3. The fourth-order valence-electron chi connectivity index (χ4n) is 10.4. The highest BCUT2D eigenvalue weighted by molar-refractivity contribution is 6.39. The van der Waals surface area contributed by atoms with Gasteiger partial charge in [-0.2, -0.15) is 0 Å². The molecule has 9 aromatic rings. The number of carbonyl (C=O) groups is 3. The molecule has 0 saturated heterocycles. The van der Waals surface area contributed by atoms with Crippen molar-refractivity contribution in [2.75, 3.05) is 46.3 Å². The Labute approximate surface area is 459 Å². The van der Waals surface area contributed by atoms with Crippen molar-refractivity contribution in [2.24, 2.45) is 0 Å². The minimum absolute atomic E-state index is 0.192. The van der Waals surface area contributed by atoms with Crippen LogP contribution in [0.25, 0.3) is 90.9 Å². The lowest BCUT2D eigenvalue weighted by molar-refractivity contribution is -0.123. The number of aromatic nitrogens is 4. The van der Waals surface area contributed by atoms with E-state index in [0.717, 1.165) is 107 Å². The Morgan fingerprint density at radius 1 is 0.456 bits per heavy atom. The van der Waals surface area contributed by atoms with Crippen LogP contribution in [0.5, 0.6) is 23.0 Å². The van der Waals surface area contributed by atoms with Crippen LogP contribution in [-0.2, 0) is 4.79 Å². The van der Waals surface area contributed by atoms with E-state index < -0.39 is 0 Å². The van der Waals surface area contributed by atoms with Gasteiger partial charge in [-0.3, -0.25) is 14.4 Å². The van der Waals surface area contributed by atoms with E-state index in [4.69, 9.17) is 40.5 Å². The third-order valence-corrected chi connectivity index (χ3v) is 14.5. The number of halogens is 1. The van der Waals surface area contributed by atoms with Gasteiger partial charge >= 0.3 is 0 Å². The zero-order valence-electron chi connectivity index (χ0n) is 43.1. The maximum Gasteiger partial charge on any atom is 0.258 e. The topological polar surface area (TPSA) is 170 Å². The first-order chi connectivity index (χ1) is 38.7. The van der Waals surface area contributed by atoms with E-state index in [9.17, 15) is 14.4 Å². The molecule has 6 aromatic carbocycles. The van der Waals surface area contributed by atoms with Crippen LogP contribution in [0.4, 0.5) is 5.69 Å². The number of benzene rings is 6. The quantitative estimate of drug-likeness (QED) is 0.0769. The first-order valence-corrected chi connectivity index (χ1v) is 25.9. The fourth-order valence-corrected chi connectivity index (χ4v) is 10.6. The van der Waals surface area contributed by atoms with E-state index in [1.54, 1.807) is 57.7 Å². The lowest BCUT2D eigenvalue weighted by Gasteiger charge is -2.21. The first-order valence-electron chi connectivity index (χ1n) is 25.5. The van der Waals surface area contributed by atoms with Crippen molar-refractivity contribution < 1.29 is 33.3 Å². The van der Waals surface area contributed by atoms with E-state index in [2.05, 4.69) is 57.0 Å². The van der Waals surface area contributed by atoms with Crippen molar-refractivity contribution in [1.82, 2.24) is 25.3 Å². The molecular formula is C65H49ClN6O7. The molecule has 3 aliphatic rings. The Hall–Kier alpha value is -9.98. The second kappa shape index (κ2) is 21.2. The molecule has 0 fully saturated rings. The van der Waals surface area contributed by atoms with Crippen molar-refractivity contribution >= 4 is 81.1 Å². The maximum absolute atomic E-state index is 13.6. The summed E-state index contributed by atoms with van der Waals surface area (Å²) in [5, 5.41) is 6.31. The van der Waals surface area contributed by atoms with Gasteiger partial charge in [0.05, 0.1) is 60.3 Å². The molecule has 2 aliphatic heterocycles. The molecule has 8 bridgehead atoms. The highest BCUT2D eigenvalue weighted by Gasteiger charge is 2.33. The second-order valence-electron chi connectivity index (χ2n) is 18.8. The molecule has 14 heteroatoms. The molecule has 0 atom stereocenters. The number of amides is 1. The fraction of sp³-hybridized carbons (Fsp3) is 0.0923. The van der Waals surface area contributed by atoms with Gasteiger partial charge in [0.2, 0.25) is 0 Å². The smallest absolute Gasteiger partial charge is 0.258 e. The van der Waals surface area contributed by atoms with E-state index >= 15 is 0 Å². The van der Waals surface area contributed by atoms with Gasteiger partial charge < -0.3 is 39.5 Å². The Bertz CT molecular complexity index is 4100. The molecular weight excluding hydrogens is 1010 g/mol. The van der Waals surface area contributed by atoms with Crippen LogP contribution in [0.1, 0.15) is 54.6 Å². The molecule has 0 saturated carbocycles. The van der Waals surface area contributed by atoms with Gasteiger partial charge in [0.1, 0.15) is 23.0 Å². The summed E-state index contributed by atoms with van der Waals surface area (Å²) in [7, 11) is 4.97. The number of hydrogen-bond donors (Lipinski definition) is 4. The summed E-state index contributed by atoms with van der Waals surface area (Å²) in [6.45, 7) is 0.267. The average Bonchev–Trinajstić information content (AvgIpc) is 4.50. The molecule has 4 N–H and O–H groups in total. The number of H-pyrrole nitrogens is 2. The van der Waals surface area contributed by atoms with Gasteiger partial charge in [-0.15, -0.1) is 0 Å². The van der Waals surface area contributed by atoms with Crippen molar-refractivity contribution in [1.29, 1.82) is 0 Å². The molecule has 0 unspecified atom stereocenters. The van der Waals surface area contributed by atoms with Crippen molar-refractivity contribution in [2.45, 2.75) is 0 Å². The van der Waals surface area contributed by atoms with E-state index in [0.29, 0.717) is 17.0 Å². The summed E-state index contributed by atoms with van der Waals surface area (Å²) >= 11 is 6.38. The van der Waals surface area contributed by atoms with Crippen molar-refractivity contribution in [3.8, 4) is 67.5 Å². The Morgan fingerprint density at radius 2 is 0.848 bits per heavy atom. The average molecular weight is 1060 g/mol. The number of rotatable bonds is 14. The van der Waals surface area contributed by atoms with Crippen molar-refractivity contribution in [3.05, 3.63) is 208 Å². The third kappa shape index (κ3) is 9.57. The number of ketones is 2. The molecule has 1 aliphatic carbocycles. The van der Waals surface area contributed by atoms with E-state index in [1.807, 2.05) is 109 Å². The summed E-state index contributed by atoms with van der Waals surface area (Å²) in [6, 6.07) is 49.8. The van der Waals surface area contributed by atoms with Crippen LogP contribution in [-0.4, -0.2) is 78.4 Å². The maximum atomic E-state index is 13.6. The first kappa shape index (κ1) is 49.9. The van der Waals surface area contributed by atoms with E-state index in [1.165, 1.54) is 0 Å². The normalized spacial score (nSPS) is 12.2. The highest BCUT2D eigenvalue weighted by Crippen LogP contribution is 2.40. The molecule has 0 spiro atoms. The predicted octanol–water partition coefficient (Wildman–Crippen LogP) is 13.4. The molecule has 13 nitrogen and oxygen atoms in total. The molecule has 388 valence electrons. The van der Waals surface area contributed by atoms with Crippen LogP contribution in [0, 0.1) is 0 Å². The number of methoxy groups -OCH3 is 3. The zero-order chi connectivity index (χ0) is 54.1. The number of fused-ring (bicyclic) bond motifs is 10. The lowest BCUT2D eigenvalue weighted by atomic mass is 9.83. The molecule has 79 heavy (non-hydrogen) atoms. The largest absolute Gasteiger partial charge is 0.497 e. The van der Waals surface area contributed by atoms with Crippen molar-refractivity contribution in [3.63, 3.8) is 0 Å². The SMILES string of the molecule is COc1ccc(-c2c3nc(c(-c4ccc(OC)cc4)c4ccc([nH]4)c(-c4ccc(OCC(=O)NCCNc5cccc6c5C(=O)c5c(Cl)cccc5C6=O)cc4)c4nc(c(-c5ccc(OC)cc5)c5ccc2[nH]5)C=C4)C=C3)cc1. The lowest BCUT2D eigenvalue weighted by Crippen LogP contribution is -2.33. The highest BCUT2D eigenvalue weighted by atomic mass is 35.5. The minimum atomic E-state index is -0.337. The van der Waals surface area contributed by atoms with Gasteiger partial charge in [-0.1, -0.05) is 84.4 Å². The third-order valence-electron chi connectivity index (χ3n) is 14.2.